The standard InChI is InChI=1S/C39H52N8O5/c1-3-25(4-2)30-24-33(47-32(44-30)20-22-41-47)42-26-16-17-27(23-26)43-34(48)15-10-8-6-5-7-9-11-21-40-29-14-12-13-28-36(29)39(52)46(38(28)51)31-18-19-35(49)45-37(31)50/h12-14,20,22,24-27,31,40,42H,3-11,15-19,21,23H2,1-2H3,(H,43,48)(H,45,49,50)/t26-,27-,31?/m0/s1. The van der Waals surface area contributed by atoms with Crippen LogP contribution in [0.25, 0.3) is 5.65 Å². The smallest absolute Gasteiger partial charge is 0.264 e. The van der Waals surface area contributed by atoms with Gasteiger partial charge in [0.2, 0.25) is 17.7 Å². The number of anilines is 2. The minimum atomic E-state index is -0.975. The number of fused-ring (bicyclic) bond motifs is 2. The van der Waals surface area contributed by atoms with Crippen LogP contribution < -0.4 is 21.3 Å². The number of aromatic nitrogens is 3. The van der Waals surface area contributed by atoms with Gasteiger partial charge in [0.25, 0.3) is 11.8 Å². The molecule has 0 spiro atoms. The molecule has 1 aromatic carbocycles. The van der Waals surface area contributed by atoms with Crippen molar-refractivity contribution in [2.45, 2.75) is 134 Å². The van der Waals surface area contributed by atoms with Gasteiger partial charge in [0, 0.05) is 60.9 Å². The molecular weight excluding hydrogens is 660 g/mol. The normalized spacial score (nSPS) is 20.1. The first-order valence-corrected chi connectivity index (χ1v) is 19.3. The van der Waals surface area contributed by atoms with Crippen molar-refractivity contribution < 1.29 is 24.0 Å². The molecule has 278 valence electrons. The lowest BCUT2D eigenvalue weighted by Gasteiger charge is -2.27. The third-order valence-electron chi connectivity index (χ3n) is 10.8. The average Bonchev–Trinajstić information content (AvgIpc) is 3.85. The highest BCUT2D eigenvalue weighted by molar-refractivity contribution is 6.25. The molecule has 13 heteroatoms. The molecule has 13 nitrogen and oxygen atoms in total. The summed E-state index contributed by atoms with van der Waals surface area (Å²) in [6, 6.07) is 8.69. The zero-order valence-electron chi connectivity index (χ0n) is 30.4. The molecule has 1 saturated carbocycles. The molecule has 2 aromatic heterocycles. The molecule has 0 bridgehead atoms. The second kappa shape index (κ2) is 17.1. The molecule has 2 aliphatic heterocycles. The number of unbranched alkanes of at least 4 members (excludes halogenated alkanes) is 6. The van der Waals surface area contributed by atoms with Gasteiger partial charge in [-0.2, -0.15) is 9.61 Å². The van der Waals surface area contributed by atoms with Gasteiger partial charge in [-0.1, -0.05) is 52.0 Å². The molecule has 0 radical (unpaired) electrons. The van der Waals surface area contributed by atoms with Gasteiger partial charge in [0.1, 0.15) is 11.9 Å². The van der Waals surface area contributed by atoms with E-state index in [0.29, 0.717) is 24.6 Å². The summed E-state index contributed by atoms with van der Waals surface area (Å²) in [5.41, 5.74) is 3.12. The maximum absolute atomic E-state index is 13.3. The third kappa shape index (κ3) is 8.45. The predicted octanol–water partition coefficient (Wildman–Crippen LogP) is 5.72. The van der Waals surface area contributed by atoms with Crippen molar-refractivity contribution in [3.05, 3.63) is 53.3 Å². The lowest BCUT2D eigenvalue weighted by atomic mass is 9.99. The predicted molar refractivity (Wildman–Crippen MR) is 198 cm³/mol. The average molecular weight is 713 g/mol. The van der Waals surface area contributed by atoms with Crippen LogP contribution in [0.15, 0.2) is 36.5 Å². The Morgan fingerprint density at radius 3 is 2.44 bits per heavy atom. The van der Waals surface area contributed by atoms with Gasteiger partial charge in [-0.25, -0.2) is 4.98 Å². The minimum Gasteiger partial charge on any atom is -0.384 e. The van der Waals surface area contributed by atoms with E-state index >= 15 is 0 Å². The van der Waals surface area contributed by atoms with Crippen molar-refractivity contribution in [3.8, 4) is 0 Å². The molecule has 6 rings (SSSR count). The number of benzene rings is 1. The topological polar surface area (TPSA) is 167 Å². The van der Waals surface area contributed by atoms with E-state index in [0.717, 1.165) is 99.1 Å². The fraction of sp³-hybridized carbons (Fsp3) is 0.564. The Kier molecular flexibility index (Phi) is 12.2. The Balaban J connectivity index is 0.837. The van der Waals surface area contributed by atoms with Crippen LogP contribution in [0.3, 0.4) is 0 Å². The van der Waals surface area contributed by atoms with Crippen molar-refractivity contribution in [3.63, 3.8) is 0 Å². The second-order valence-electron chi connectivity index (χ2n) is 14.4. The van der Waals surface area contributed by atoms with Crippen LogP contribution in [0.4, 0.5) is 11.5 Å². The number of nitrogens with zero attached hydrogens (tertiary/aromatic N) is 4. The molecule has 5 amide bonds. The number of nitrogens with one attached hydrogen (secondary N) is 4. The molecule has 1 saturated heterocycles. The van der Waals surface area contributed by atoms with Crippen LogP contribution in [0.5, 0.6) is 0 Å². The highest BCUT2D eigenvalue weighted by atomic mass is 16.2. The molecule has 1 unspecified atom stereocenters. The van der Waals surface area contributed by atoms with Crippen molar-refractivity contribution in [1.82, 2.24) is 30.1 Å². The first-order chi connectivity index (χ1) is 25.3. The van der Waals surface area contributed by atoms with Crippen molar-refractivity contribution in [2.24, 2.45) is 0 Å². The molecule has 4 heterocycles. The molecule has 1 aliphatic carbocycles. The Morgan fingerprint density at radius 2 is 1.67 bits per heavy atom. The molecule has 52 heavy (non-hydrogen) atoms. The molecule has 3 aliphatic rings. The molecule has 3 atom stereocenters. The lowest BCUT2D eigenvalue weighted by molar-refractivity contribution is -0.136. The monoisotopic (exact) mass is 712 g/mol. The van der Waals surface area contributed by atoms with E-state index in [1.165, 1.54) is 0 Å². The summed E-state index contributed by atoms with van der Waals surface area (Å²) in [5, 5.41) is 17.0. The second-order valence-corrected chi connectivity index (χ2v) is 14.4. The molecular formula is C39H52N8O5. The van der Waals surface area contributed by atoms with Gasteiger partial charge in [-0.05, 0) is 63.5 Å². The summed E-state index contributed by atoms with van der Waals surface area (Å²) in [6.45, 7) is 5.06. The molecule has 3 aromatic rings. The Bertz CT molecular complexity index is 1790. The third-order valence-corrected chi connectivity index (χ3v) is 10.8. The summed E-state index contributed by atoms with van der Waals surface area (Å²) in [4.78, 5) is 68.8. The Labute approximate surface area is 305 Å². The van der Waals surface area contributed by atoms with Crippen LogP contribution in [0, 0.1) is 0 Å². The summed E-state index contributed by atoms with van der Waals surface area (Å²) in [5.74, 6) is -0.473. The first-order valence-electron chi connectivity index (χ1n) is 19.3. The summed E-state index contributed by atoms with van der Waals surface area (Å²) < 4.78 is 1.87. The van der Waals surface area contributed by atoms with Crippen LogP contribution in [0.2, 0.25) is 0 Å². The van der Waals surface area contributed by atoms with E-state index in [4.69, 9.17) is 4.98 Å². The van der Waals surface area contributed by atoms with E-state index < -0.39 is 29.7 Å². The SMILES string of the molecule is CCC(CC)c1cc(N[C@H]2CC[C@H](NC(=O)CCCCCCCCCNc3cccc4c3C(=O)N(C3CCC(=O)NC3=O)C4=O)C2)n2nccc2n1. The number of carbonyl (C=O) groups excluding carboxylic acids is 5. The van der Waals surface area contributed by atoms with E-state index in [1.807, 2.05) is 10.6 Å². The van der Waals surface area contributed by atoms with E-state index in [1.54, 1.807) is 24.4 Å². The van der Waals surface area contributed by atoms with Gasteiger partial charge < -0.3 is 16.0 Å². The summed E-state index contributed by atoms with van der Waals surface area (Å²) in [7, 11) is 0. The summed E-state index contributed by atoms with van der Waals surface area (Å²) >= 11 is 0. The van der Waals surface area contributed by atoms with Gasteiger partial charge >= 0.3 is 0 Å². The Hall–Kier alpha value is -4.81. The fourth-order valence-corrected chi connectivity index (χ4v) is 7.88. The highest BCUT2D eigenvalue weighted by Crippen LogP contribution is 2.33. The number of hydrogen-bond acceptors (Lipinski definition) is 9. The highest BCUT2D eigenvalue weighted by Gasteiger charge is 2.45. The van der Waals surface area contributed by atoms with Gasteiger partial charge in [-0.3, -0.25) is 34.2 Å². The molecule has 4 N–H and O–H groups in total. The maximum atomic E-state index is 13.3. The number of imide groups is 2. The largest absolute Gasteiger partial charge is 0.384 e. The number of carbonyl (C=O) groups is 5. The van der Waals surface area contributed by atoms with E-state index in [9.17, 15) is 24.0 Å². The van der Waals surface area contributed by atoms with Crippen molar-refractivity contribution >= 4 is 46.7 Å². The van der Waals surface area contributed by atoms with Crippen LogP contribution in [-0.4, -0.2) is 73.7 Å². The quantitative estimate of drug-likeness (QED) is 0.0954. The fourth-order valence-electron chi connectivity index (χ4n) is 7.88. The van der Waals surface area contributed by atoms with Crippen molar-refractivity contribution in [2.75, 3.05) is 17.2 Å². The Morgan fingerprint density at radius 1 is 0.923 bits per heavy atom. The van der Waals surface area contributed by atoms with Crippen LogP contribution in [0.1, 0.15) is 142 Å². The van der Waals surface area contributed by atoms with E-state index in [-0.39, 0.29) is 42.0 Å². The number of amides is 5. The minimum absolute atomic E-state index is 0.0913. The summed E-state index contributed by atoms with van der Waals surface area (Å²) in [6.07, 6.45) is 14.6. The number of piperidine rings is 1. The van der Waals surface area contributed by atoms with Crippen LogP contribution in [-0.2, 0) is 14.4 Å². The number of hydrogen-bond donors (Lipinski definition) is 4. The van der Waals surface area contributed by atoms with Gasteiger partial charge in [0.15, 0.2) is 5.65 Å². The zero-order chi connectivity index (χ0) is 36.6. The van der Waals surface area contributed by atoms with Gasteiger partial charge in [-0.15, -0.1) is 0 Å². The van der Waals surface area contributed by atoms with Crippen molar-refractivity contribution in [1.29, 1.82) is 0 Å². The first kappa shape index (κ1) is 37.0. The maximum Gasteiger partial charge on any atom is 0.264 e. The van der Waals surface area contributed by atoms with Gasteiger partial charge in [0.05, 0.1) is 17.3 Å². The lowest BCUT2D eigenvalue weighted by Crippen LogP contribution is -2.54. The number of rotatable bonds is 18. The van der Waals surface area contributed by atoms with Crippen LogP contribution >= 0.6 is 0 Å². The molecule has 2 fully saturated rings. The van der Waals surface area contributed by atoms with E-state index in [2.05, 4.69) is 46.3 Å². The zero-order valence-corrected chi connectivity index (χ0v) is 30.4.